The van der Waals surface area contributed by atoms with Crippen LogP contribution in [0.4, 0.5) is 10.5 Å². The van der Waals surface area contributed by atoms with Gasteiger partial charge in [-0.15, -0.1) is 0 Å². The third-order valence-electron chi connectivity index (χ3n) is 7.65. The van der Waals surface area contributed by atoms with Crippen LogP contribution in [0, 0.1) is 13.8 Å². The minimum absolute atomic E-state index is 0.107. The number of piperazine rings is 1. The number of ether oxygens (including phenoxy) is 4. The van der Waals surface area contributed by atoms with Crippen LogP contribution in [0.25, 0.3) is 10.9 Å². The van der Waals surface area contributed by atoms with Crippen molar-refractivity contribution in [3.63, 3.8) is 0 Å². The van der Waals surface area contributed by atoms with E-state index in [2.05, 4.69) is 34.1 Å². The van der Waals surface area contributed by atoms with E-state index < -0.39 is 6.09 Å². The normalized spacial score (nSPS) is 15.1. The summed E-state index contributed by atoms with van der Waals surface area (Å²) >= 11 is 0. The van der Waals surface area contributed by atoms with Gasteiger partial charge >= 0.3 is 6.09 Å². The minimum Gasteiger partial charge on any atom is -0.493 e. The van der Waals surface area contributed by atoms with Crippen molar-refractivity contribution in [2.45, 2.75) is 46.1 Å². The largest absolute Gasteiger partial charge is 0.493 e. The monoisotopic (exact) mass is 550 g/mol. The number of likely N-dealkylation sites (N-methyl/N-ethyl adjacent to an activating group) is 1. The fraction of sp³-hybridized carbons (Fsp3) is 0.484. The van der Waals surface area contributed by atoms with Gasteiger partial charge in [0.25, 0.3) is 0 Å². The van der Waals surface area contributed by atoms with Gasteiger partial charge in [-0.3, -0.25) is 10.3 Å². The van der Waals surface area contributed by atoms with E-state index in [4.69, 9.17) is 18.9 Å². The predicted octanol–water partition coefficient (Wildman–Crippen LogP) is 6.02. The zero-order valence-electron chi connectivity index (χ0n) is 24.6. The average Bonchev–Trinajstić information content (AvgIpc) is 2.96. The average molecular weight is 551 g/mol. The Labute approximate surface area is 237 Å². The van der Waals surface area contributed by atoms with Gasteiger partial charge in [0, 0.05) is 56.1 Å². The molecule has 1 amide bonds. The first-order valence-electron chi connectivity index (χ1n) is 14.0. The summed E-state index contributed by atoms with van der Waals surface area (Å²) in [6.45, 7) is 11.3. The first-order valence-corrected chi connectivity index (χ1v) is 14.0. The Bertz CT molecular complexity index is 1310. The number of benzene rings is 2. The van der Waals surface area contributed by atoms with Gasteiger partial charge in [0.1, 0.15) is 17.6 Å². The SMILES string of the molecule is CCCC(CCN1CCN(C)CC1)OC(=O)Nc1ccc(Oc2ccnc3cc(OC)c(OC)cc23)c(C)c1C. The van der Waals surface area contributed by atoms with Crippen LogP contribution in [-0.4, -0.2) is 81.0 Å². The van der Waals surface area contributed by atoms with Gasteiger partial charge in [-0.05, 0) is 69.1 Å². The number of carbonyl (C=O) groups excluding carboxylic acids is 1. The number of hydrogen-bond acceptors (Lipinski definition) is 8. The molecule has 9 heteroatoms. The summed E-state index contributed by atoms with van der Waals surface area (Å²) < 4.78 is 23.1. The fourth-order valence-corrected chi connectivity index (χ4v) is 4.97. The van der Waals surface area contributed by atoms with Crippen LogP contribution in [0.5, 0.6) is 23.0 Å². The third-order valence-corrected chi connectivity index (χ3v) is 7.65. The molecule has 0 spiro atoms. The number of nitrogens with one attached hydrogen (secondary N) is 1. The quantitative estimate of drug-likeness (QED) is 0.310. The molecule has 1 N–H and O–H groups in total. The maximum Gasteiger partial charge on any atom is 0.411 e. The molecule has 1 saturated heterocycles. The zero-order valence-corrected chi connectivity index (χ0v) is 24.6. The van der Waals surface area contributed by atoms with Gasteiger partial charge in [0.05, 0.1) is 19.7 Å². The van der Waals surface area contributed by atoms with E-state index in [-0.39, 0.29) is 6.10 Å². The van der Waals surface area contributed by atoms with Crippen molar-refractivity contribution in [2.75, 3.05) is 59.3 Å². The molecule has 0 saturated carbocycles. The Morgan fingerprint density at radius 2 is 1.68 bits per heavy atom. The van der Waals surface area contributed by atoms with E-state index in [0.29, 0.717) is 28.7 Å². The summed E-state index contributed by atoms with van der Waals surface area (Å²) in [6, 6.07) is 9.23. The summed E-state index contributed by atoms with van der Waals surface area (Å²) in [5.74, 6) is 2.55. The van der Waals surface area contributed by atoms with E-state index in [9.17, 15) is 4.79 Å². The van der Waals surface area contributed by atoms with E-state index in [1.807, 2.05) is 44.2 Å². The maximum atomic E-state index is 12.9. The molecule has 1 aromatic heterocycles. The molecule has 2 aromatic carbocycles. The second kappa shape index (κ2) is 13.7. The zero-order chi connectivity index (χ0) is 28.6. The summed E-state index contributed by atoms with van der Waals surface area (Å²) in [4.78, 5) is 22.1. The molecular formula is C31H42N4O5. The van der Waals surface area contributed by atoms with Crippen molar-refractivity contribution >= 4 is 22.7 Å². The van der Waals surface area contributed by atoms with Crippen molar-refractivity contribution in [3.8, 4) is 23.0 Å². The number of nitrogens with zero attached hydrogens (tertiary/aromatic N) is 3. The van der Waals surface area contributed by atoms with Gasteiger partial charge < -0.3 is 28.7 Å². The molecule has 2 heterocycles. The van der Waals surface area contributed by atoms with Crippen molar-refractivity contribution in [1.29, 1.82) is 0 Å². The number of anilines is 1. The lowest BCUT2D eigenvalue weighted by molar-refractivity contribution is 0.0811. The third kappa shape index (κ3) is 7.14. The predicted molar refractivity (Wildman–Crippen MR) is 158 cm³/mol. The molecule has 1 unspecified atom stereocenters. The lowest BCUT2D eigenvalue weighted by Gasteiger charge is -2.33. The lowest BCUT2D eigenvalue weighted by atomic mass is 10.1. The molecule has 1 aliphatic heterocycles. The first kappa shape index (κ1) is 29.4. The highest BCUT2D eigenvalue weighted by Gasteiger charge is 2.20. The van der Waals surface area contributed by atoms with E-state index >= 15 is 0 Å². The summed E-state index contributed by atoms with van der Waals surface area (Å²) in [5, 5.41) is 3.76. The molecule has 3 aromatic rings. The number of aromatic nitrogens is 1. The van der Waals surface area contributed by atoms with E-state index in [1.54, 1.807) is 20.4 Å². The number of carbonyl (C=O) groups is 1. The summed E-state index contributed by atoms with van der Waals surface area (Å²) in [6.07, 6.45) is 3.83. The molecule has 1 fully saturated rings. The van der Waals surface area contributed by atoms with Crippen LogP contribution in [0.3, 0.4) is 0 Å². The number of rotatable bonds is 11. The number of fused-ring (bicyclic) bond motifs is 1. The van der Waals surface area contributed by atoms with Crippen molar-refractivity contribution in [3.05, 3.63) is 47.7 Å². The number of hydrogen-bond donors (Lipinski definition) is 1. The minimum atomic E-state index is -0.422. The standard InChI is InChI=1S/C31H42N4O5/c1-7-8-23(12-14-35-17-15-34(4)16-18-35)39-31(36)33-25-9-10-27(22(3)21(25)2)40-28-11-13-32-26-20-30(38-6)29(37-5)19-24(26)28/h9-11,13,19-20,23H,7-8,12,14-18H2,1-6H3,(H,33,36). The van der Waals surface area contributed by atoms with Crippen LogP contribution in [0.15, 0.2) is 36.5 Å². The maximum absolute atomic E-state index is 12.9. The molecule has 1 aliphatic rings. The Morgan fingerprint density at radius 1 is 0.950 bits per heavy atom. The molecule has 0 aliphatic carbocycles. The summed E-state index contributed by atoms with van der Waals surface area (Å²) in [7, 11) is 5.35. The van der Waals surface area contributed by atoms with Gasteiger partial charge in [0.2, 0.25) is 0 Å². The van der Waals surface area contributed by atoms with Crippen LogP contribution >= 0.6 is 0 Å². The van der Waals surface area contributed by atoms with Gasteiger partial charge in [-0.2, -0.15) is 0 Å². The van der Waals surface area contributed by atoms with Gasteiger partial charge in [-0.1, -0.05) is 13.3 Å². The Balaban J connectivity index is 1.43. The Hall–Kier alpha value is -3.56. The summed E-state index contributed by atoms with van der Waals surface area (Å²) in [5.41, 5.74) is 3.27. The first-order chi connectivity index (χ1) is 19.3. The van der Waals surface area contributed by atoms with Gasteiger partial charge in [0.15, 0.2) is 11.5 Å². The van der Waals surface area contributed by atoms with E-state index in [0.717, 1.165) is 74.0 Å². The second-order valence-corrected chi connectivity index (χ2v) is 10.4. The smallest absolute Gasteiger partial charge is 0.411 e. The lowest BCUT2D eigenvalue weighted by Crippen LogP contribution is -2.45. The van der Waals surface area contributed by atoms with Crippen molar-refractivity contribution in [2.24, 2.45) is 0 Å². The molecular weight excluding hydrogens is 508 g/mol. The molecule has 9 nitrogen and oxygen atoms in total. The van der Waals surface area contributed by atoms with Crippen molar-refractivity contribution < 1.29 is 23.7 Å². The van der Waals surface area contributed by atoms with Crippen LogP contribution in [0.1, 0.15) is 37.3 Å². The number of methoxy groups -OCH3 is 2. The molecule has 40 heavy (non-hydrogen) atoms. The Kier molecular flexibility index (Phi) is 10.1. The molecule has 0 bridgehead atoms. The highest BCUT2D eigenvalue weighted by molar-refractivity contribution is 5.89. The highest BCUT2D eigenvalue weighted by Crippen LogP contribution is 2.38. The van der Waals surface area contributed by atoms with Crippen LogP contribution in [-0.2, 0) is 4.74 Å². The Morgan fingerprint density at radius 3 is 2.38 bits per heavy atom. The molecule has 0 radical (unpaired) electrons. The topological polar surface area (TPSA) is 85.4 Å². The number of amides is 1. The molecule has 216 valence electrons. The molecule has 4 rings (SSSR count). The number of pyridine rings is 1. The van der Waals surface area contributed by atoms with Crippen LogP contribution in [0.2, 0.25) is 0 Å². The highest BCUT2D eigenvalue weighted by atomic mass is 16.6. The van der Waals surface area contributed by atoms with Crippen LogP contribution < -0.4 is 19.5 Å². The van der Waals surface area contributed by atoms with E-state index in [1.165, 1.54) is 0 Å². The van der Waals surface area contributed by atoms with Crippen molar-refractivity contribution in [1.82, 2.24) is 14.8 Å². The second-order valence-electron chi connectivity index (χ2n) is 10.4. The van der Waals surface area contributed by atoms with Gasteiger partial charge in [-0.25, -0.2) is 4.79 Å². The fourth-order valence-electron chi connectivity index (χ4n) is 4.97. The molecule has 1 atom stereocenters.